The van der Waals surface area contributed by atoms with Crippen LogP contribution in [0.2, 0.25) is 0 Å². The molecule has 0 saturated heterocycles. The Morgan fingerprint density at radius 2 is 1.94 bits per heavy atom. The van der Waals surface area contributed by atoms with Crippen LogP contribution in [-0.4, -0.2) is 57.5 Å². The van der Waals surface area contributed by atoms with E-state index in [2.05, 4.69) is 17.3 Å². The van der Waals surface area contributed by atoms with Crippen molar-refractivity contribution in [3.05, 3.63) is 0 Å². The third kappa shape index (κ3) is 6.38. The zero-order valence-corrected chi connectivity index (χ0v) is 12.1. The van der Waals surface area contributed by atoms with Gasteiger partial charge in [0.2, 0.25) is 0 Å². The van der Waals surface area contributed by atoms with Gasteiger partial charge in [-0.15, -0.1) is 0 Å². The fraction of sp³-hybridized carbons (Fsp3) is 1.00. The van der Waals surface area contributed by atoms with Crippen LogP contribution in [0.15, 0.2) is 0 Å². The summed E-state index contributed by atoms with van der Waals surface area (Å²) in [4.78, 5) is 2.40. The maximum atomic E-state index is 11.1. The molecular formula is C12H26N2O2S. The number of nitrogens with one attached hydrogen (secondary N) is 1. The Labute approximate surface area is 106 Å². The Hall–Kier alpha value is -0.130. The summed E-state index contributed by atoms with van der Waals surface area (Å²) in [6.07, 6.45) is 6.63. The van der Waals surface area contributed by atoms with Crippen LogP contribution in [0.5, 0.6) is 0 Å². The van der Waals surface area contributed by atoms with Crippen molar-refractivity contribution in [2.24, 2.45) is 0 Å². The molecule has 102 valence electrons. The number of nitrogens with zero attached hydrogens (tertiary/aromatic N) is 1. The Balaban J connectivity index is 2.14. The van der Waals surface area contributed by atoms with Gasteiger partial charge in [-0.25, -0.2) is 8.42 Å². The summed E-state index contributed by atoms with van der Waals surface area (Å²) >= 11 is 0. The first-order chi connectivity index (χ1) is 7.88. The van der Waals surface area contributed by atoms with Gasteiger partial charge in [0.25, 0.3) is 0 Å². The quantitative estimate of drug-likeness (QED) is 0.740. The highest BCUT2D eigenvalue weighted by Crippen LogP contribution is 2.21. The van der Waals surface area contributed by atoms with E-state index < -0.39 is 9.84 Å². The van der Waals surface area contributed by atoms with E-state index in [1.807, 2.05) is 6.92 Å². The van der Waals surface area contributed by atoms with E-state index >= 15 is 0 Å². The van der Waals surface area contributed by atoms with Crippen LogP contribution >= 0.6 is 0 Å². The largest absolute Gasteiger partial charge is 0.312 e. The van der Waals surface area contributed by atoms with Crippen molar-refractivity contribution in [3.63, 3.8) is 0 Å². The topological polar surface area (TPSA) is 49.4 Å². The van der Waals surface area contributed by atoms with Gasteiger partial charge in [0.05, 0.1) is 5.75 Å². The highest BCUT2D eigenvalue weighted by molar-refractivity contribution is 7.90. The molecule has 1 unspecified atom stereocenters. The van der Waals surface area contributed by atoms with Gasteiger partial charge in [0, 0.05) is 31.4 Å². The van der Waals surface area contributed by atoms with Crippen LogP contribution in [0, 0.1) is 0 Å². The van der Waals surface area contributed by atoms with Crippen molar-refractivity contribution in [1.82, 2.24) is 10.2 Å². The molecule has 1 aliphatic rings. The lowest BCUT2D eigenvalue weighted by atomic mass is 10.2. The maximum absolute atomic E-state index is 11.1. The monoisotopic (exact) mass is 262 g/mol. The van der Waals surface area contributed by atoms with Crippen LogP contribution < -0.4 is 5.32 Å². The third-order valence-corrected chi connectivity index (χ3v) is 4.56. The predicted octanol–water partition coefficient (Wildman–Crippen LogP) is 0.884. The summed E-state index contributed by atoms with van der Waals surface area (Å²) in [5.74, 6) is 0.222. The van der Waals surface area contributed by atoms with Crippen LogP contribution in [-0.2, 0) is 9.84 Å². The van der Waals surface area contributed by atoms with E-state index in [-0.39, 0.29) is 11.8 Å². The van der Waals surface area contributed by atoms with Gasteiger partial charge >= 0.3 is 0 Å². The molecule has 0 heterocycles. The second-order valence-electron chi connectivity index (χ2n) is 5.37. The molecule has 0 aromatic carbocycles. The summed E-state index contributed by atoms with van der Waals surface area (Å²) in [5, 5.41) is 3.27. The number of likely N-dealkylation sites (N-methyl/N-ethyl adjacent to an activating group) is 1. The molecule has 1 aliphatic carbocycles. The van der Waals surface area contributed by atoms with Gasteiger partial charge in [0.1, 0.15) is 9.84 Å². The van der Waals surface area contributed by atoms with Crippen molar-refractivity contribution in [1.29, 1.82) is 0 Å². The highest BCUT2D eigenvalue weighted by atomic mass is 32.2. The molecule has 4 nitrogen and oxygen atoms in total. The second-order valence-corrected chi connectivity index (χ2v) is 7.55. The summed E-state index contributed by atoms with van der Waals surface area (Å²) in [6, 6.07) is 0.781. The first-order valence-corrected chi connectivity index (χ1v) is 8.56. The minimum absolute atomic E-state index is 0.0435. The zero-order valence-electron chi connectivity index (χ0n) is 11.3. The fourth-order valence-electron chi connectivity index (χ4n) is 2.53. The van der Waals surface area contributed by atoms with E-state index in [4.69, 9.17) is 0 Å². The van der Waals surface area contributed by atoms with Gasteiger partial charge in [-0.1, -0.05) is 12.8 Å². The standard InChI is InChI=1S/C12H26N2O2S/c1-11(10-17(3,15)16)13-8-9-14(2)12-6-4-5-7-12/h11-13H,4-10H2,1-3H3. The molecule has 0 bridgehead atoms. The maximum Gasteiger partial charge on any atom is 0.148 e. The highest BCUT2D eigenvalue weighted by Gasteiger charge is 2.19. The molecule has 1 N–H and O–H groups in total. The van der Waals surface area contributed by atoms with Gasteiger partial charge in [-0.3, -0.25) is 0 Å². The van der Waals surface area contributed by atoms with E-state index in [1.54, 1.807) is 0 Å². The summed E-state index contributed by atoms with van der Waals surface area (Å²) in [7, 11) is -0.700. The Kier molecular flexibility index (Phi) is 5.89. The van der Waals surface area contributed by atoms with Gasteiger partial charge in [-0.2, -0.15) is 0 Å². The number of hydrogen-bond acceptors (Lipinski definition) is 4. The van der Waals surface area contributed by atoms with Crippen molar-refractivity contribution in [2.75, 3.05) is 32.1 Å². The van der Waals surface area contributed by atoms with Crippen LogP contribution in [0.1, 0.15) is 32.6 Å². The van der Waals surface area contributed by atoms with E-state index in [1.165, 1.54) is 31.9 Å². The van der Waals surface area contributed by atoms with E-state index in [0.29, 0.717) is 0 Å². The average molecular weight is 262 g/mol. The molecular weight excluding hydrogens is 236 g/mol. The van der Waals surface area contributed by atoms with Gasteiger partial charge < -0.3 is 10.2 Å². The number of hydrogen-bond donors (Lipinski definition) is 1. The van der Waals surface area contributed by atoms with Crippen LogP contribution in [0.4, 0.5) is 0 Å². The molecule has 0 amide bonds. The van der Waals surface area contributed by atoms with Crippen molar-refractivity contribution in [2.45, 2.75) is 44.7 Å². The SMILES string of the molecule is CC(CS(C)(=O)=O)NCCN(C)C1CCCC1. The summed E-state index contributed by atoms with van der Waals surface area (Å²) < 4.78 is 22.2. The Morgan fingerprint density at radius 3 is 2.47 bits per heavy atom. The molecule has 1 rings (SSSR count). The third-order valence-electron chi connectivity index (χ3n) is 3.46. The predicted molar refractivity (Wildman–Crippen MR) is 72.1 cm³/mol. The Morgan fingerprint density at radius 1 is 1.35 bits per heavy atom. The van der Waals surface area contributed by atoms with Crippen molar-refractivity contribution >= 4 is 9.84 Å². The minimum Gasteiger partial charge on any atom is -0.312 e. The first-order valence-electron chi connectivity index (χ1n) is 6.50. The lowest BCUT2D eigenvalue weighted by molar-refractivity contribution is 0.243. The van der Waals surface area contributed by atoms with Gasteiger partial charge in [0.15, 0.2) is 0 Å². The van der Waals surface area contributed by atoms with Crippen LogP contribution in [0.3, 0.4) is 0 Å². The molecule has 1 atom stereocenters. The lowest BCUT2D eigenvalue weighted by Crippen LogP contribution is -2.40. The van der Waals surface area contributed by atoms with Crippen LogP contribution in [0.25, 0.3) is 0 Å². The molecule has 0 aromatic heterocycles. The Bertz CT molecular complexity index is 310. The fourth-order valence-corrected chi connectivity index (χ4v) is 3.55. The normalized spacial score (nSPS) is 20.0. The average Bonchev–Trinajstić information content (AvgIpc) is 2.66. The van der Waals surface area contributed by atoms with Crippen molar-refractivity contribution < 1.29 is 8.42 Å². The van der Waals surface area contributed by atoms with Gasteiger partial charge in [-0.05, 0) is 26.8 Å². The van der Waals surface area contributed by atoms with E-state index in [0.717, 1.165) is 19.1 Å². The van der Waals surface area contributed by atoms with Crippen molar-refractivity contribution in [3.8, 4) is 0 Å². The molecule has 5 heteroatoms. The smallest absolute Gasteiger partial charge is 0.148 e. The molecule has 1 saturated carbocycles. The second kappa shape index (κ2) is 6.71. The molecule has 0 aromatic rings. The molecule has 17 heavy (non-hydrogen) atoms. The molecule has 0 aliphatic heterocycles. The lowest BCUT2D eigenvalue weighted by Gasteiger charge is -2.24. The minimum atomic E-state index is -2.87. The molecule has 0 spiro atoms. The molecule has 0 radical (unpaired) electrons. The van der Waals surface area contributed by atoms with E-state index in [9.17, 15) is 8.42 Å². The zero-order chi connectivity index (χ0) is 12.9. The number of sulfone groups is 1. The summed E-state index contributed by atoms with van der Waals surface area (Å²) in [5.41, 5.74) is 0. The molecule has 1 fully saturated rings. The first kappa shape index (κ1) is 14.9. The number of rotatable bonds is 7. The summed E-state index contributed by atoms with van der Waals surface area (Å²) in [6.45, 7) is 3.79.